The summed E-state index contributed by atoms with van der Waals surface area (Å²) in [4.78, 5) is 14.4. The van der Waals surface area contributed by atoms with Crippen LogP contribution in [0.4, 0.5) is 30.2 Å². The second-order valence-corrected chi connectivity index (χ2v) is 8.18. The smallest absolute Gasteiger partial charge is 0.256 e. The molecule has 172 valence electrons. The fourth-order valence-electron chi connectivity index (χ4n) is 3.78. The van der Waals surface area contributed by atoms with Gasteiger partial charge in [0.2, 0.25) is 0 Å². The van der Waals surface area contributed by atoms with E-state index in [1.54, 1.807) is 6.07 Å². The molecule has 1 fully saturated rings. The van der Waals surface area contributed by atoms with Crippen molar-refractivity contribution < 1.29 is 23.1 Å². The summed E-state index contributed by atoms with van der Waals surface area (Å²) in [6.45, 7) is 2.13. The fraction of sp³-hybridized carbons (Fsp3) is 0.240. The Labute approximate surface area is 189 Å². The van der Waals surface area contributed by atoms with Crippen molar-refractivity contribution in [3.8, 4) is 0 Å². The Bertz CT molecular complexity index is 1170. The number of benzene rings is 3. The molecular weight excluding hydrogens is 431 g/mol. The van der Waals surface area contributed by atoms with E-state index < -0.39 is 34.6 Å². The third-order valence-electron chi connectivity index (χ3n) is 5.68. The highest BCUT2D eigenvalue weighted by atomic mass is 19.2. The first-order chi connectivity index (χ1) is 15.8. The van der Waals surface area contributed by atoms with E-state index in [1.165, 1.54) is 17.0 Å². The molecule has 0 aromatic heterocycles. The minimum absolute atomic E-state index is 0.0175. The van der Waals surface area contributed by atoms with Crippen LogP contribution in [0.25, 0.3) is 0 Å². The van der Waals surface area contributed by atoms with Gasteiger partial charge in [0.25, 0.3) is 5.91 Å². The summed E-state index contributed by atoms with van der Waals surface area (Å²) < 4.78 is 43.0. The van der Waals surface area contributed by atoms with Crippen LogP contribution in [0.1, 0.15) is 22.8 Å². The van der Waals surface area contributed by atoms with E-state index in [4.69, 9.17) is 0 Å². The van der Waals surface area contributed by atoms with E-state index in [9.17, 15) is 23.1 Å². The summed E-state index contributed by atoms with van der Waals surface area (Å²) in [5, 5.41) is 16.3. The zero-order valence-electron chi connectivity index (χ0n) is 18.0. The van der Waals surface area contributed by atoms with Crippen molar-refractivity contribution in [3.63, 3.8) is 0 Å². The SMILES string of the molecule is CCc1ccc(Nc2c(C(=O)N3CC(O)(CNc4ccccc4)C3)ccc(F)c2F)c(F)c1. The molecule has 1 heterocycles. The molecule has 1 aliphatic rings. The Kier molecular flexibility index (Phi) is 6.29. The van der Waals surface area contributed by atoms with Crippen LogP contribution >= 0.6 is 0 Å². The van der Waals surface area contributed by atoms with Crippen LogP contribution in [0, 0.1) is 17.5 Å². The first kappa shape index (κ1) is 22.7. The number of aliphatic hydroxyl groups is 1. The first-order valence-electron chi connectivity index (χ1n) is 10.6. The normalized spacial score (nSPS) is 14.5. The summed E-state index contributed by atoms with van der Waals surface area (Å²) in [6, 6.07) is 15.7. The molecule has 0 atom stereocenters. The average molecular weight is 455 g/mol. The summed E-state index contributed by atoms with van der Waals surface area (Å²) >= 11 is 0. The van der Waals surface area contributed by atoms with Gasteiger partial charge in [-0.05, 0) is 48.4 Å². The van der Waals surface area contributed by atoms with Crippen LogP contribution in [-0.4, -0.2) is 41.1 Å². The van der Waals surface area contributed by atoms with Crippen LogP contribution in [0.15, 0.2) is 60.7 Å². The molecule has 1 amide bonds. The van der Waals surface area contributed by atoms with E-state index in [1.807, 2.05) is 37.3 Å². The van der Waals surface area contributed by atoms with Crippen molar-refractivity contribution in [2.75, 3.05) is 30.3 Å². The molecule has 0 bridgehead atoms. The lowest BCUT2D eigenvalue weighted by Gasteiger charge is -2.46. The van der Waals surface area contributed by atoms with Gasteiger partial charge in [-0.1, -0.05) is 31.2 Å². The van der Waals surface area contributed by atoms with Gasteiger partial charge in [-0.25, -0.2) is 13.2 Å². The summed E-state index contributed by atoms with van der Waals surface area (Å²) in [7, 11) is 0. The topological polar surface area (TPSA) is 64.6 Å². The number of amides is 1. The van der Waals surface area contributed by atoms with Crippen LogP contribution in [0.2, 0.25) is 0 Å². The number of β-amino-alcohol motifs (C(OH)–C–C–N with tert-alkyl or cyclic N) is 1. The lowest BCUT2D eigenvalue weighted by atomic mass is 9.92. The number of aryl methyl sites for hydroxylation is 1. The second-order valence-electron chi connectivity index (χ2n) is 8.18. The largest absolute Gasteiger partial charge is 0.384 e. The molecule has 0 aliphatic carbocycles. The Hall–Kier alpha value is -3.52. The quantitative estimate of drug-likeness (QED) is 0.483. The Balaban J connectivity index is 1.50. The number of halogens is 3. The predicted octanol–water partition coefficient (Wildman–Crippen LogP) is 4.71. The molecule has 3 N–H and O–H groups in total. The third kappa shape index (κ3) is 4.80. The minimum atomic E-state index is -1.28. The fourth-order valence-corrected chi connectivity index (χ4v) is 3.78. The zero-order valence-corrected chi connectivity index (χ0v) is 18.0. The van der Waals surface area contributed by atoms with Crippen LogP contribution in [-0.2, 0) is 6.42 Å². The summed E-state index contributed by atoms with van der Waals surface area (Å²) in [6.07, 6.45) is 0.617. The van der Waals surface area contributed by atoms with E-state index in [-0.39, 0.29) is 30.9 Å². The minimum Gasteiger partial charge on any atom is -0.384 e. The maximum atomic E-state index is 14.6. The maximum absolute atomic E-state index is 14.6. The van der Waals surface area contributed by atoms with Crippen LogP contribution < -0.4 is 10.6 Å². The number of para-hydroxylation sites is 1. The molecule has 0 spiro atoms. The molecule has 3 aromatic carbocycles. The zero-order chi connectivity index (χ0) is 23.6. The van der Waals surface area contributed by atoms with Gasteiger partial charge >= 0.3 is 0 Å². The molecule has 0 radical (unpaired) electrons. The van der Waals surface area contributed by atoms with E-state index in [0.29, 0.717) is 6.42 Å². The van der Waals surface area contributed by atoms with Gasteiger partial charge in [0, 0.05) is 12.2 Å². The number of carbonyl (C=O) groups is 1. The number of nitrogens with one attached hydrogen (secondary N) is 2. The lowest BCUT2D eigenvalue weighted by molar-refractivity contribution is -0.0706. The first-order valence-corrected chi connectivity index (χ1v) is 10.6. The highest BCUT2D eigenvalue weighted by molar-refractivity contribution is 6.01. The van der Waals surface area contributed by atoms with Crippen molar-refractivity contribution in [2.24, 2.45) is 0 Å². The molecule has 1 saturated heterocycles. The molecule has 8 heteroatoms. The van der Waals surface area contributed by atoms with Crippen molar-refractivity contribution in [3.05, 3.63) is 89.2 Å². The van der Waals surface area contributed by atoms with Crippen molar-refractivity contribution in [1.29, 1.82) is 0 Å². The summed E-state index contributed by atoms with van der Waals surface area (Å²) in [5.74, 6) is -3.67. The molecule has 3 aromatic rings. The molecule has 5 nitrogen and oxygen atoms in total. The molecule has 1 aliphatic heterocycles. The van der Waals surface area contributed by atoms with Crippen LogP contribution in [0.3, 0.4) is 0 Å². The van der Waals surface area contributed by atoms with Gasteiger partial charge in [-0.2, -0.15) is 0 Å². The number of nitrogens with zero attached hydrogens (tertiary/aromatic N) is 1. The monoisotopic (exact) mass is 455 g/mol. The lowest BCUT2D eigenvalue weighted by Crippen LogP contribution is -2.66. The Morgan fingerprint density at radius 1 is 1.03 bits per heavy atom. The van der Waals surface area contributed by atoms with Gasteiger partial charge in [0.15, 0.2) is 11.6 Å². The van der Waals surface area contributed by atoms with Crippen molar-refractivity contribution >= 4 is 23.0 Å². The van der Waals surface area contributed by atoms with E-state index in [2.05, 4.69) is 10.6 Å². The number of likely N-dealkylation sites (tertiary alicyclic amines) is 1. The second kappa shape index (κ2) is 9.15. The molecular formula is C25H24F3N3O2. The Morgan fingerprint density at radius 3 is 2.42 bits per heavy atom. The number of hydrogen-bond acceptors (Lipinski definition) is 4. The number of hydrogen-bond donors (Lipinski definition) is 3. The molecule has 0 unspecified atom stereocenters. The molecule has 4 rings (SSSR count). The third-order valence-corrected chi connectivity index (χ3v) is 5.68. The number of carbonyl (C=O) groups excluding carboxylic acids is 1. The predicted molar refractivity (Wildman–Crippen MR) is 121 cm³/mol. The van der Waals surface area contributed by atoms with Crippen molar-refractivity contribution in [2.45, 2.75) is 18.9 Å². The summed E-state index contributed by atoms with van der Waals surface area (Å²) in [5.41, 5.74) is -0.235. The van der Waals surface area contributed by atoms with Gasteiger partial charge in [-0.15, -0.1) is 0 Å². The number of rotatable bonds is 7. The maximum Gasteiger partial charge on any atom is 0.256 e. The van der Waals surface area contributed by atoms with E-state index >= 15 is 0 Å². The molecule has 33 heavy (non-hydrogen) atoms. The molecule has 0 saturated carbocycles. The van der Waals surface area contributed by atoms with Crippen molar-refractivity contribution in [1.82, 2.24) is 4.90 Å². The standard InChI is InChI=1S/C25H24F3N3O2/c1-2-16-8-11-21(20(27)12-16)30-23-18(9-10-19(26)22(23)28)24(32)31-14-25(33,15-31)13-29-17-6-4-3-5-7-17/h3-12,29-30,33H,2,13-15H2,1H3. The average Bonchev–Trinajstić information content (AvgIpc) is 2.80. The van der Waals surface area contributed by atoms with Gasteiger partial charge in [0.1, 0.15) is 11.4 Å². The highest BCUT2D eigenvalue weighted by Crippen LogP contribution is 2.31. The Morgan fingerprint density at radius 2 is 1.76 bits per heavy atom. The van der Waals surface area contributed by atoms with Gasteiger partial charge in [-0.3, -0.25) is 4.79 Å². The van der Waals surface area contributed by atoms with Crippen LogP contribution in [0.5, 0.6) is 0 Å². The van der Waals surface area contributed by atoms with E-state index in [0.717, 1.165) is 23.4 Å². The number of anilines is 3. The van der Waals surface area contributed by atoms with Gasteiger partial charge in [0.05, 0.1) is 30.0 Å². The highest BCUT2D eigenvalue weighted by Gasteiger charge is 2.44. The van der Waals surface area contributed by atoms with Gasteiger partial charge < -0.3 is 20.6 Å².